The van der Waals surface area contributed by atoms with Crippen molar-refractivity contribution >= 4 is 35.9 Å². The van der Waals surface area contributed by atoms with Gasteiger partial charge in [-0.1, -0.05) is 18.2 Å². The molecular weight excluding hydrogens is 421 g/mol. The van der Waals surface area contributed by atoms with Gasteiger partial charge in [-0.2, -0.15) is 0 Å². The summed E-state index contributed by atoms with van der Waals surface area (Å²) >= 11 is 0. The molecule has 6 nitrogen and oxygen atoms in total. The number of carbonyl (C=O) groups is 1. The van der Waals surface area contributed by atoms with Crippen LogP contribution in [0.5, 0.6) is 5.75 Å². The normalized spacial score (nSPS) is 10.5. The molecule has 0 bridgehead atoms. The highest BCUT2D eigenvalue weighted by molar-refractivity contribution is 14.0. The van der Waals surface area contributed by atoms with E-state index in [0.29, 0.717) is 13.0 Å². The molecule has 0 saturated carbocycles. The average molecular weight is 449 g/mol. The van der Waals surface area contributed by atoms with E-state index >= 15 is 0 Å². The van der Waals surface area contributed by atoms with E-state index in [-0.39, 0.29) is 29.9 Å². The van der Waals surface area contributed by atoms with Gasteiger partial charge in [0.2, 0.25) is 0 Å². The van der Waals surface area contributed by atoms with Crippen LogP contribution in [0.1, 0.15) is 25.7 Å². The van der Waals surface area contributed by atoms with Crippen molar-refractivity contribution in [3.63, 3.8) is 0 Å². The number of benzene rings is 1. The smallest absolute Gasteiger partial charge is 0.305 e. The number of methoxy groups -OCH3 is 1. The molecule has 2 N–H and O–H groups in total. The maximum absolute atomic E-state index is 11.0. The first-order valence-electron chi connectivity index (χ1n) is 7.95. The van der Waals surface area contributed by atoms with Gasteiger partial charge in [0.1, 0.15) is 5.75 Å². The molecule has 0 aliphatic heterocycles. The highest BCUT2D eigenvalue weighted by atomic mass is 127. The van der Waals surface area contributed by atoms with Crippen LogP contribution in [0.4, 0.5) is 0 Å². The van der Waals surface area contributed by atoms with E-state index < -0.39 is 0 Å². The number of esters is 1. The molecule has 7 heteroatoms. The Bertz CT molecular complexity index is 469. The molecule has 0 aliphatic rings. The van der Waals surface area contributed by atoms with Crippen molar-refractivity contribution in [2.24, 2.45) is 4.99 Å². The van der Waals surface area contributed by atoms with Gasteiger partial charge in [0.05, 0.1) is 13.7 Å². The van der Waals surface area contributed by atoms with Crippen molar-refractivity contribution in [2.45, 2.75) is 25.7 Å². The molecule has 0 radical (unpaired) electrons. The summed E-state index contributed by atoms with van der Waals surface area (Å²) in [6, 6.07) is 9.78. The van der Waals surface area contributed by atoms with Crippen LogP contribution in [0.3, 0.4) is 0 Å². The van der Waals surface area contributed by atoms with Crippen molar-refractivity contribution in [1.82, 2.24) is 10.6 Å². The number of halogens is 1. The molecule has 1 aromatic rings. The zero-order valence-corrected chi connectivity index (χ0v) is 16.7. The second kappa shape index (κ2) is 15.0. The van der Waals surface area contributed by atoms with E-state index in [2.05, 4.69) is 20.4 Å². The van der Waals surface area contributed by atoms with E-state index in [1.165, 1.54) is 7.11 Å². The van der Waals surface area contributed by atoms with Crippen molar-refractivity contribution in [3.05, 3.63) is 30.3 Å². The fourth-order valence-electron chi connectivity index (χ4n) is 1.91. The average Bonchev–Trinajstić information content (AvgIpc) is 2.60. The fraction of sp³-hybridized carbons (Fsp3) is 0.529. The van der Waals surface area contributed by atoms with Crippen molar-refractivity contribution in [1.29, 1.82) is 0 Å². The number of hydrogen-bond donors (Lipinski definition) is 2. The van der Waals surface area contributed by atoms with Crippen LogP contribution in [0.25, 0.3) is 0 Å². The number of hydrogen-bond acceptors (Lipinski definition) is 4. The Hall–Kier alpha value is -1.51. The number of aliphatic imine (C=N–C) groups is 1. The molecule has 0 aliphatic carbocycles. The van der Waals surface area contributed by atoms with Crippen LogP contribution >= 0.6 is 24.0 Å². The Balaban J connectivity index is 0.00000529. The Morgan fingerprint density at radius 1 is 1.08 bits per heavy atom. The maximum atomic E-state index is 11.0. The largest absolute Gasteiger partial charge is 0.494 e. The summed E-state index contributed by atoms with van der Waals surface area (Å²) in [5.74, 6) is 1.49. The number of unbranched alkanes of at least 4 members (excludes halogenated alkanes) is 1. The second-order valence-corrected chi connectivity index (χ2v) is 4.97. The summed E-state index contributed by atoms with van der Waals surface area (Å²) in [5.41, 5.74) is 0. The van der Waals surface area contributed by atoms with E-state index in [0.717, 1.165) is 44.1 Å². The summed E-state index contributed by atoms with van der Waals surface area (Å²) in [5, 5.41) is 6.45. The Morgan fingerprint density at radius 3 is 2.38 bits per heavy atom. The second-order valence-electron chi connectivity index (χ2n) is 4.97. The number of nitrogens with one attached hydrogen (secondary N) is 2. The van der Waals surface area contributed by atoms with Gasteiger partial charge < -0.3 is 20.1 Å². The highest BCUT2D eigenvalue weighted by Crippen LogP contribution is 2.07. The van der Waals surface area contributed by atoms with Gasteiger partial charge in [0, 0.05) is 26.6 Å². The number of ether oxygens (including phenoxy) is 2. The van der Waals surface area contributed by atoms with Crippen LogP contribution in [-0.4, -0.2) is 45.8 Å². The summed E-state index contributed by atoms with van der Waals surface area (Å²) in [4.78, 5) is 15.1. The molecule has 0 spiro atoms. The Morgan fingerprint density at radius 2 is 1.75 bits per heavy atom. The summed E-state index contributed by atoms with van der Waals surface area (Å²) < 4.78 is 10.2. The lowest BCUT2D eigenvalue weighted by molar-refractivity contribution is -0.140. The SMILES string of the molecule is CN=C(NCCCCC(=O)OC)NCCCOc1ccccc1.I. The van der Waals surface area contributed by atoms with Crippen LogP contribution in [0.2, 0.25) is 0 Å². The number of nitrogens with zero attached hydrogens (tertiary/aromatic N) is 1. The van der Waals surface area contributed by atoms with Gasteiger partial charge in [-0.05, 0) is 31.4 Å². The third-order valence-electron chi connectivity index (χ3n) is 3.18. The van der Waals surface area contributed by atoms with Gasteiger partial charge in [-0.3, -0.25) is 9.79 Å². The van der Waals surface area contributed by atoms with Crippen molar-refractivity contribution < 1.29 is 14.3 Å². The Kier molecular flexibility index (Phi) is 14.1. The van der Waals surface area contributed by atoms with Crippen LogP contribution < -0.4 is 15.4 Å². The first-order chi connectivity index (χ1) is 11.3. The lowest BCUT2D eigenvalue weighted by atomic mass is 10.2. The highest BCUT2D eigenvalue weighted by Gasteiger charge is 2.00. The zero-order chi connectivity index (χ0) is 16.8. The third-order valence-corrected chi connectivity index (χ3v) is 3.18. The molecule has 24 heavy (non-hydrogen) atoms. The lowest BCUT2D eigenvalue weighted by Gasteiger charge is -2.12. The number of carbonyl (C=O) groups excluding carboxylic acids is 1. The van der Waals surface area contributed by atoms with Gasteiger partial charge in [0.25, 0.3) is 0 Å². The van der Waals surface area contributed by atoms with Crippen LogP contribution in [0, 0.1) is 0 Å². The minimum absolute atomic E-state index is 0. The fourth-order valence-corrected chi connectivity index (χ4v) is 1.91. The van der Waals surface area contributed by atoms with Crippen LogP contribution in [0.15, 0.2) is 35.3 Å². The first-order valence-corrected chi connectivity index (χ1v) is 7.95. The topological polar surface area (TPSA) is 72.0 Å². The van der Waals surface area contributed by atoms with Crippen LogP contribution in [-0.2, 0) is 9.53 Å². The standard InChI is InChI=1S/C17H27N3O3.HI/c1-18-17(19-12-7-6-11-16(21)22-2)20-13-8-14-23-15-9-4-3-5-10-15;/h3-5,9-10H,6-8,11-14H2,1-2H3,(H2,18,19,20);1H. The summed E-state index contributed by atoms with van der Waals surface area (Å²) in [6.07, 6.45) is 3.05. The van der Waals surface area contributed by atoms with Crippen molar-refractivity contribution in [2.75, 3.05) is 33.9 Å². The predicted molar refractivity (Wildman–Crippen MR) is 107 cm³/mol. The number of guanidine groups is 1. The maximum Gasteiger partial charge on any atom is 0.305 e. The number of rotatable bonds is 10. The lowest BCUT2D eigenvalue weighted by Crippen LogP contribution is -2.38. The summed E-state index contributed by atoms with van der Waals surface area (Å²) in [7, 11) is 3.15. The molecule has 0 fully saturated rings. The monoisotopic (exact) mass is 449 g/mol. The van der Waals surface area contributed by atoms with Gasteiger partial charge in [0.15, 0.2) is 5.96 Å². The molecule has 0 saturated heterocycles. The molecular formula is C17H28IN3O3. The molecule has 1 rings (SSSR count). The molecule has 0 unspecified atom stereocenters. The van der Waals surface area contributed by atoms with Gasteiger partial charge in [-0.25, -0.2) is 0 Å². The number of para-hydroxylation sites is 1. The Labute approximate surface area is 161 Å². The molecule has 136 valence electrons. The van der Waals surface area contributed by atoms with Crippen molar-refractivity contribution in [3.8, 4) is 5.75 Å². The molecule has 0 heterocycles. The summed E-state index contributed by atoms with van der Waals surface area (Å²) in [6.45, 7) is 2.22. The molecule has 1 aromatic carbocycles. The van der Waals surface area contributed by atoms with Gasteiger partial charge in [-0.15, -0.1) is 24.0 Å². The zero-order valence-electron chi connectivity index (χ0n) is 14.4. The van der Waals surface area contributed by atoms with E-state index in [4.69, 9.17) is 4.74 Å². The minimum Gasteiger partial charge on any atom is -0.494 e. The first kappa shape index (κ1) is 22.5. The van der Waals surface area contributed by atoms with Gasteiger partial charge >= 0.3 is 5.97 Å². The molecule has 0 aromatic heterocycles. The van der Waals surface area contributed by atoms with E-state index in [1.54, 1.807) is 7.05 Å². The predicted octanol–water partition coefficient (Wildman–Crippen LogP) is 2.58. The van der Waals surface area contributed by atoms with E-state index in [1.807, 2.05) is 30.3 Å². The molecule has 0 atom stereocenters. The quantitative estimate of drug-likeness (QED) is 0.189. The molecule has 0 amide bonds. The minimum atomic E-state index is -0.161. The third kappa shape index (κ3) is 11.1. The van der Waals surface area contributed by atoms with E-state index in [9.17, 15) is 4.79 Å².